The highest BCUT2D eigenvalue weighted by Gasteiger charge is 2.25. The summed E-state index contributed by atoms with van der Waals surface area (Å²) in [5.41, 5.74) is 5.91. The molecule has 0 radical (unpaired) electrons. The van der Waals surface area contributed by atoms with Crippen LogP contribution in [-0.2, 0) is 0 Å². The van der Waals surface area contributed by atoms with E-state index in [0.29, 0.717) is 0 Å². The fourth-order valence-electron chi connectivity index (χ4n) is 3.78. The van der Waals surface area contributed by atoms with Crippen molar-refractivity contribution in [2.24, 2.45) is 0 Å². The first-order chi connectivity index (χ1) is 13.3. The quantitative estimate of drug-likeness (QED) is 0.523. The van der Waals surface area contributed by atoms with E-state index in [0.717, 1.165) is 5.75 Å². The number of benzene rings is 4. The maximum Gasteiger partial charge on any atom is 0.406 e. The summed E-state index contributed by atoms with van der Waals surface area (Å²) in [5.74, 6) is 0.871. The highest BCUT2D eigenvalue weighted by Crippen LogP contribution is 2.34. The molecule has 0 spiro atoms. The summed E-state index contributed by atoms with van der Waals surface area (Å²) in [4.78, 5) is 0. The predicted octanol–water partition coefficient (Wildman–Crippen LogP) is 4.75. The maximum absolute atomic E-state index is 5.26. The second kappa shape index (κ2) is 6.40. The summed E-state index contributed by atoms with van der Waals surface area (Å²) < 4.78 is 5.26. The molecule has 3 nitrogen and oxygen atoms in total. The monoisotopic (exact) mass is 350 g/mol. The molecule has 0 fully saturated rings. The lowest BCUT2D eigenvalue weighted by molar-refractivity contribution is 0.415. The molecule has 0 amide bonds. The Hall–Kier alpha value is -3.40. The van der Waals surface area contributed by atoms with E-state index in [-0.39, 0.29) is 6.98 Å². The molecule has 5 rings (SSSR count). The van der Waals surface area contributed by atoms with E-state index in [9.17, 15) is 0 Å². The van der Waals surface area contributed by atoms with Crippen LogP contribution >= 0.6 is 0 Å². The molecule has 0 aromatic heterocycles. The zero-order valence-electron chi connectivity index (χ0n) is 15.1. The molecule has 0 saturated carbocycles. The van der Waals surface area contributed by atoms with Crippen LogP contribution in [0, 0.1) is 0 Å². The van der Waals surface area contributed by atoms with Gasteiger partial charge in [0.05, 0.1) is 7.11 Å². The number of hydrogen-bond donors (Lipinski definition) is 2. The third-order valence-electron chi connectivity index (χ3n) is 5.15. The zero-order valence-corrected chi connectivity index (χ0v) is 15.1. The van der Waals surface area contributed by atoms with E-state index in [4.69, 9.17) is 4.74 Å². The number of ether oxygens (including phenoxy) is 1. The van der Waals surface area contributed by atoms with Crippen molar-refractivity contribution in [1.29, 1.82) is 0 Å². The van der Waals surface area contributed by atoms with E-state index < -0.39 is 0 Å². The van der Waals surface area contributed by atoms with Crippen LogP contribution in [0.4, 0.5) is 11.4 Å². The van der Waals surface area contributed by atoms with Crippen molar-refractivity contribution in [3.05, 3.63) is 84.9 Å². The van der Waals surface area contributed by atoms with Crippen molar-refractivity contribution in [2.75, 3.05) is 17.6 Å². The van der Waals surface area contributed by atoms with E-state index in [1.165, 1.54) is 38.7 Å². The normalized spacial score (nSPS) is 12.4. The molecule has 1 aliphatic rings. The van der Waals surface area contributed by atoms with Gasteiger partial charge < -0.3 is 15.2 Å². The molecule has 0 aliphatic carbocycles. The van der Waals surface area contributed by atoms with Gasteiger partial charge >= 0.3 is 6.98 Å². The fraction of sp³-hybridized carbons (Fsp3) is 0.0435. The minimum atomic E-state index is 0.0312. The van der Waals surface area contributed by atoms with Crippen LogP contribution in [0.3, 0.4) is 0 Å². The third-order valence-corrected chi connectivity index (χ3v) is 5.15. The topological polar surface area (TPSA) is 33.3 Å². The lowest BCUT2D eigenvalue weighted by Gasteiger charge is -2.27. The average Bonchev–Trinajstić information content (AvgIpc) is 2.74. The summed E-state index contributed by atoms with van der Waals surface area (Å²) in [6.45, 7) is 0.0312. The standard InChI is InChI=1S/C23H19BN2O/c1-27-20-13-11-16(12-14-20)18-7-2-8-19(15-18)24-25-21-9-3-5-17-6-4-10-22(26-24)23(17)21/h2-15,25-26H,1H3. The molecule has 1 heterocycles. The van der Waals surface area contributed by atoms with Gasteiger partial charge in [-0.2, -0.15) is 0 Å². The van der Waals surface area contributed by atoms with Crippen LogP contribution in [0.2, 0.25) is 0 Å². The van der Waals surface area contributed by atoms with Crippen LogP contribution in [0.15, 0.2) is 84.9 Å². The molecular formula is C23H19BN2O. The summed E-state index contributed by atoms with van der Waals surface area (Å²) >= 11 is 0. The Balaban J connectivity index is 1.50. The van der Waals surface area contributed by atoms with Gasteiger partial charge in [0, 0.05) is 16.8 Å². The van der Waals surface area contributed by atoms with Crippen LogP contribution in [-0.4, -0.2) is 14.1 Å². The minimum absolute atomic E-state index is 0.0312. The van der Waals surface area contributed by atoms with Crippen molar-refractivity contribution < 1.29 is 4.74 Å². The number of methoxy groups -OCH3 is 1. The molecule has 0 atom stereocenters. The molecule has 0 unspecified atom stereocenters. The second-order valence-electron chi connectivity index (χ2n) is 6.78. The zero-order chi connectivity index (χ0) is 18.2. The molecule has 0 saturated heterocycles. The maximum atomic E-state index is 5.26. The van der Waals surface area contributed by atoms with Gasteiger partial charge in [0.25, 0.3) is 0 Å². The first-order valence-corrected chi connectivity index (χ1v) is 9.11. The van der Waals surface area contributed by atoms with Gasteiger partial charge in [-0.3, -0.25) is 0 Å². The van der Waals surface area contributed by atoms with Crippen molar-refractivity contribution in [3.63, 3.8) is 0 Å². The molecule has 4 aromatic carbocycles. The van der Waals surface area contributed by atoms with Gasteiger partial charge in [-0.1, -0.05) is 60.7 Å². The van der Waals surface area contributed by atoms with Crippen LogP contribution in [0.1, 0.15) is 0 Å². The molecule has 0 bridgehead atoms. The second-order valence-corrected chi connectivity index (χ2v) is 6.78. The summed E-state index contributed by atoms with van der Waals surface area (Å²) in [7, 11) is 1.69. The summed E-state index contributed by atoms with van der Waals surface area (Å²) in [5, 5.41) is 9.78. The van der Waals surface area contributed by atoms with Gasteiger partial charge in [0.15, 0.2) is 0 Å². The first-order valence-electron chi connectivity index (χ1n) is 9.11. The lowest BCUT2D eigenvalue weighted by Crippen LogP contribution is -2.47. The van der Waals surface area contributed by atoms with Gasteiger partial charge in [-0.15, -0.1) is 0 Å². The van der Waals surface area contributed by atoms with E-state index in [1.54, 1.807) is 7.11 Å². The van der Waals surface area contributed by atoms with Crippen molar-refractivity contribution in [2.45, 2.75) is 0 Å². The predicted molar refractivity (Wildman–Crippen MR) is 115 cm³/mol. The molecule has 2 N–H and O–H groups in total. The Labute approximate surface area is 159 Å². The molecule has 130 valence electrons. The van der Waals surface area contributed by atoms with Crippen molar-refractivity contribution >= 4 is 34.6 Å². The highest BCUT2D eigenvalue weighted by molar-refractivity contribution is 6.80. The van der Waals surface area contributed by atoms with Crippen LogP contribution < -0.4 is 20.7 Å². The number of nitrogens with one attached hydrogen (secondary N) is 2. The Morgan fingerprint density at radius 1 is 0.704 bits per heavy atom. The molecule has 4 heteroatoms. The Kier molecular flexibility index (Phi) is 3.75. The lowest BCUT2D eigenvalue weighted by atomic mass is 9.65. The van der Waals surface area contributed by atoms with Crippen LogP contribution in [0.5, 0.6) is 5.75 Å². The van der Waals surface area contributed by atoms with Crippen molar-refractivity contribution in [1.82, 2.24) is 0 Å². The van der Waals surface area contributed by atoms with Gasteiger partial charge in [-0.25, -0.2) is 0 Å². The highest BCUT2D eigenvalue weighted by atomic mass is 16.5. The minimum Gasteiger partial charge on any atom is -0.497 e. The van der Waals surface area contributed by atoms with Gasteiger partial charge in [-0.05, 0) is 46.2 Å². The van der Waals surface area contributed by atoms with E-state index in [2.05, 4.69) is 83.3 Å². The molecule has 27 heavy (non-hydrogen) atoms. The number of rotatable bonds is 3. The largest absolute Gasteiger partial charge is 0.497 e. The van der Waals surface area contributed by atoms with Gasteiger partial charge in [0.2, 0.25) is 0 Å². The van der Waals surface area contributed by atoms with Gasteiger partial charge in [0.1, 0.15) is 5.75 Å². The Bertz CT molecular complexity index is 1080. The third kappa shape index (κ3) is 2.79. The summed E-state index contributed by atoms with van der Waals surface area (Å²) in [6, 6.07) is 29.6. The van der Waals surface area contributed by atoms with E-state index >= 15 is 0 Å². The Morgan fingerprint density at radius 3 is 2.04 bits per heavy atom. The molecule has 4 aromatic rings. The Morgan fingerprint density at radius 2 is 1.37 bits per heavy atom. The molecular weight excluding hydrogens is 331 g/mol. The van der Waals surface area contributed by atoms with Crippen LogP contribution in [0.25, 0.3) is 21.9 Å². The number of hydrogen-bond acceptors (Lipinski definition) is 3. The summed E-state index contributed by atoms with van der Waals surface area (Å²) in [6.07, 6.45) is 0. The smallest absolute Gasteiger partial charge is 0.406 e. The molecule has 1 aliphatic heterocycles. The van der Waals surface area contributed by atoms with E-state index in [1.807, 2.05) is 12.1 Å². The average molecular weight is 350 g/mol. The SMILES string of the molecule is COc1ccc(-c2cccc(B3Nc4cccc5cccc(c45)N3)c2)cc1. The first kappa shape index (κ1) is 15.8. The fourth-order valence-corrected chi connectivity index (χ4v) is 3.78. The van der Waals surface area contributed by atoms with Crippen molar-refractivity contribution in [3.8, 4) is 16.9 Å². The number of anilines is 2.